The molecule has 1 amide bonds. The Kier molecular flexibility index (Phi) is 3.87. The number of carbonyl (C=O) groups is 1. The van der Waals surface area contributed by atoms with Gasteiger partial charge in [-0.1, -0.05) is 18.2 Å². The van der Waals surface area contributed by atoms with Crippen LogP contribution in [0.15, 0.2) is 24.3 Å². The van der Waals surface area contributed by atoms with Gasteiger partial charge >= 0.3 is 0 Å². The van der Waals surface area contributed by atoms with E-state index in [2.05, 4.69) is 0 Å². The summed E-state index contributed by atoms with van der Waals surface area (Å²) in [5.74, 6) is 0.848. The molecule has 1 atom stereocenters. The molecule has 0 saturated carbocycles. The molecule has 0 unspecified atom stereocenters. The number of hydrogen-bond donors (Lipinski definition) is 1. The van der Waals surface area contributed by atoms with Crippen molar-refractivity contribution >= 4 is 5.91 Å². The van der Waals surface area contributed by atoms with Gasteiger partial charge in [-0.25, -0.2) is 0 Å². The van der Waals surface area contributed by atoms with Crippen LogP contribution in [-0.4, -0.2) is 42.2 Å². The van der Waals surface area contributed by atoms with Crippen LogP contribution in [-0.2, 0) is 16.1 Å². The van der Waals surface area contributed by atoms with Crippen LogP contribution in [0.25, 0.3) is 0 Å². The molecule has 2 aliphatic rings. The normalized spacial score (nSPS) is 22.1. The first kappa shape index (κ1) is 14.4. The van der Waals surface area contributed by atoms with Gasteiger partial charge in [-0.3, -0.25) is 4.79 Å². The van der Waals surface area contributed by atoms with Gasteiger partial charge in [-0.15, -0.1) is 0 Å². The van der Waals surface area contributed by atoms with Crippen molar-refractivity contribution in [2.75, 3.05) is 19.8 Å². The second-order valence-corrected chi connectivity index (χ2v) is 5.99. The number of fused-ring (bicyclic) bond motifs is 1. The summed E-state index contributed by atoms with van der Waals surface area (Å²) in [5, 5.41) is 0. The molecule has 2 N–H and O–H groups in total. The molecule has 2 aliphatic heterocycles. The zero-order valence-electron chi connectivity index (χ0n) is 12.4. The van der Waals surface area contributed by atoms with Gasteiger partial charge < -0.3 is 20.1 Å². The largest absolute Gasteiger partial charge is 0.485 e. The fraction of sp³-hybridized carbons (Fsp3) is 0.562. The smallest absolute Gasteiger partial charge is 0.239 e. The van der Waals surface area contributed by atoms with E-state index in [1.54, 1.807) is 6.92 Å². The van der Waals surface area contributed by atoms with E-state index in [0.29, 0.717) is 26.3 Å². The Hall–Kier alpha value is -1.59. The third kappa shape index (κ3) is 2.89. The summed E-state index contributed by atoms with van der Waals surface area (Å²) < 4.78 is 11.8. The Labute approximate surface area is 125 Å². The van der Waals surface area contributed by atoms with Gasteiger partial charge in [-0.05, 0) is 13.0 Å². The van der Waals surface area contributed by atoms with E-state index in [1.165, 1.54) is 0 Å². The minimum atomic E-state index is -0.493. The number of para-hydroxylation sites is 1. The van der Waals surface area contributed by atoms with Crippen LogP contribution < -0.4 is 10.5 Å². The Morgan fingerprint density at radius 3 is 2.76 bits per heavy atom. The van der Waals surface area contributed by atoms with Crippen LogP contribution in [0.1, 0.15) is 25.3 Å². The fourth-order valence-electron chi connectivity index (χ4n) is 3.06. The van der Waals surface area contributed by atoms with E-state index < -0.39 is 6.04 Å². The summed E-state index contributed by atoms with van der Waals surface area (Å²) >= 11 is 0. The van der Waals surface area contributed by atoms with Gasteiger partial charge in [0.2, 0.25) is 5.91 Å². The summed E-state index contributed by atoms with van der Waals surface area (Å²) in [7, 11) is 0. The molecule has 21 heavy (non-hydrogen) atoms. The van der Waals surface area contributed by atoms with Crippen molar-refractivity contribution in [2.45, 2.75) is 38.0 Å². The maximum Gasteiger partial charge on any atom is 0.239 e. The molecule has 114 valence electrons. The minimum absolute atomic E-state index is 0.0267. The van der Waals surface area contributed by atoms with Crippen LogP contribution in [0.3, 0.4) is 0 Å². The lowest BCUT2D eigenvalue weighted by atomic mass is 9.93. The van der Waals surface area contributed by atoms with Crippen molar-refractivity contribution in [1.29, 1.82) is 0 Å². The maximum absolute atomic E-state index is 12.4. The summed E-state index contributed by atoms with van der Waals surface area (Å²) in [5.41, 5.74) is 6.48. The van der Waals surface area contributed by atoms with Crippen molar-refractivity contribution in [3.8, 4) is 5.75 Å². The third-order valence-corrected chi connectivity index (χ3v) is 4.24. The number of ether oxygens (including phenoxy) is 2. The highest BCUT2D eigenvalue weighted by atomic mass is 16.5. The van der Waals surface area contributed by atoms with E-state index >= 15 is 0 Å². The van der Waals surface area contributed by atoms with Crippen LogP contribution in [0, 0.1) is 0 Å². The number of nitrogens with two attached hydrogens (primary N) is 1. The molecule has 2 heterocycles. The molecule has 1 aromatic carbocycles. The van der Waals surface area contributed by atoms with Crippen molar-refractivity contribution in [2.24, 2.45) is 5.73 Å². The van der Waals surface area contributed by atoms with Gasteiger partial charge in [0.25, 0.3) is 0 Å². The highest BCUT2D eigenvalue weighted by Crippen LogP contribution is 2.35. The van der Waals surface area contributed by atoms with E-state index in [-0.39, 0.29) is 11.5 Å². The highest BCUT2D eigenvalue weighted by Gasteiger charge is 2.41. The van der Waals surface area contributed by atoms with Crippen molar-refractivity contribution in [3.63, 3.8) is 0 Å². The predicted molar refractivity (Wildman–Crippen MR) is 78.9 cm³/mol. The Morgan fingerprint density at radius 2 is 2.05 bits per heavy atom. The fourth-order valence-corrected chi connectivity index (χ4v) is 3.06. The molecule has 1 saturated heterocycles. The van der Waals surface area contributed by atoms with E-state index in [1.807, 2.05) is 29.2 Å². The lowest BCUT2D eigenvalue weighted by molar-refractivity contribution is -0.137. The summed E-state index contributed by atoms with van der Waals surface area (Å²) in [6, 6.07) is 7.43. The van der Waals surface area contributed by atoms with Gasteiger partial charge in [0.05, 0.1) is 25.8 Å². The Morgan fingerprint density at radius 1 is 1.33 bits per heavy atom. The summed E-state index contributed by atoms with van der Waals surface area (Å²) in [6.07, 6.45) is 1.59. The second kappa shape index (κ2) is 5.66. The van der Waals surface area contributed by atoms with Crippen LogP contribution in [0.4, 0.5) is 0 Å². The van der Waals surface area contributed by atoms with Gasteiger partial charge in [0.15, 0.2) is 0 Å². The number of benzene rings is 1. The quantitative estimate of drug-likeness (QED) is 0.847. The van der Waals surface area contributed by atoms with Crippen molar-refractivity contribution < 1.29 is 14.3 Å². The third-order valence-electron chi connectivity index (χ3n) is 4.24. The number of rotatable bonds is 1. The molecular formula is C16H22N2O3. The average molecular weight is 290 g/mol. The predicted octanol–water partition coefficient (Wildman–Crippen LogP) is 1.30. The summed E-state index contributed by atoms with van der Waals surface area (Å²) in [4.78, 5) is 14.2. The first-order valence-electron chi connectivity index (χ1n) is 7.49. The molecule has 5 heteroatoms. The van der Waals surface area contributed by atoms with Crippen LogP contribution in [0.2, 0.25) is 0 Å². The van der Waals surface area contributed by atoms with Crippen LogP contribution in [0.5, 0.6) is 5.75 Å². The molecule has 0 radical (unpaired) electrons. The lowest BCUT2D eigenvalue weighted by Gasteiger charge is -2.39. The molecule has 0 aliphatic carbocycles. The maximum atomic E-state index is 12.4. The minimum Gasteiger partial charge on any atom is -0.485 e. The molecule has 5 nitrogen and oxygen atoms in total. The van der Waals surface area contributed by atoms with E-state index in [9.17, 15) is 4.79 Å². The van der Waals surface area contributed by atoms with Gasteiger partial charge in [0.1, 0.15) is 11.4 Å². The molecular weight excluding hydrogens is 268 g/mol. The first-order valence-corrected chi connectivity index (χ1v) is 7.49. The molecule has 1 fully saturated rings. The zero-order chi connectivity index (χ0) is 14.9. The number of carbonyl (C=O) groups excluding carboxylic acids is 1. The molecule has 1 aromatic rings. The summed E-state index contributed by atoms with van der Waals surface area (Å²) in [6.45, 7) is 4.20. The molecule has 3 rings (SSSR count). The monoisotopic (exact) mass is 290 g/mol. The Balaban J connectivity index is 1.95. The van der Waals surface area contributed by atoms with Gasteiger partial charge in [0, 0.05) is 24.9 Å². The molecule has 1 spiro atoms. The first-order chi connectivity index (χ1) is 10.1. The van der Waals surface area contributed by atoms with Crippen LogP contribution >= 0.6 is 0 Å². The number of amides is 1. The average Bonchev–Trinajstić information content (AvgIpc) is 2.63. The zero-order valence-corrected chi connectivity index (χ0v) is 12.4. The van der Waals surface area contributed by atoms with Gasteiger partial charge in [-0.2, -0.15) is 0 Å². The molecule has 0 aromatic heterocycles. The topological polar surface area (TPSA) is 64.8 Å². The standard InChI is InChI=1S/C16H22N2O3/c1-12(17)15(19)18-10-13-4-2-3-5-14(13)21-16(11-18)6-8-20-9-7-16/h2-5,12H,6-11,17H2,1H3/t12-/m1/s1. The van der Waals surface area contributed by atoms with Crippen molar-refractivity contribution in [3.05, 3.63) is 29.8 Å². The highest BCUT2D eigenvalue weighted by molar-refractivity contribution is 5.81. The van der Waals surface area contributed by atoms with Crippen molar-refractivity contribution in [1.82, 2.24) is 4.90 Å². The van der Waals surface area contributed by atoms with E-state index in [4.69, 9.17) is 15.2 Å². The lowest BCUT2D eigenvalue weighted by Crippen LogP contribution is -2.53. The number of nitrogens with zero attached hydrogens (tertiary/aromatic N) is 1. The molecule has 0 bridgehead atoms. The number of hydrogen-bond acceptors (Lipinski definition) is 4. The van der Waals surface area contributed by atoms with E-state index in [0.717, 1.165) is 24.2 Å². The SMILES string of the molecule is C[C@@H](N)C(=O)N1Cc2ccccc2OC2(CCOCC2)C1. The Bertz CT molecular complexity index is 524. The second-order valence-electron chi connectivity index (χ2n) is 5.99.